The normalized spacial score (nSPS) is 26.1. The predicted molar refractivity (Wildman–Crippen MR) is 67.0 cm³/mol. The molecule has 1 amide bonds. The summed E-state index contributed by atoms with van der Waals surface area (Å²) in [5.41, 5.74) is 5.76. The van der Waals surface area contributed by atoms with Crippen molar-refractivity contribution in [3.63, 3.8) is 0 Å². The molecule has 0 aromatic carbocycles. The van der Waals surface area contributed by atoms with E-state index in [-0.39, 0.29) is 23.3 Å². The molecule has 3 nitrogen and oxygen atoms in total. The number of amides is 1. The first-order chi connectivity index (χ1) is 7.51. The van der Waals surface area contributed by atoms with E-state index in [0.29, 0.717) is 6.54 Å². The summed E-state index contributed by atoms with van der Waals surface area (Å²) in [6, 6.07) is 0.144. The average molecular weight is 226 g/mol. The van der Waals surface area contributed by atoms with Crippen LogP contribution in [0.2, 0.25) is 0 Å². The lowest BCUT2D eigenvalue weighted by Gasteiger charge is -2.38. The predicted octanol–water partition coefficient (Wildman–Crippen LogP) is 2.06. The Balaban J connectivity index is 2.58. The van der Waals surface area contributed by atoms with Crippen LogP contribution in [0.15, 0.2) is 0 Å². The molecule has 0 saturated heterocycles. The van der Waals surface area contributed by atoms with Gasteiger partial charge in [0, 0.05) is 18.5 Å². The summed E-state index contributed by atoms with van der Waals surface area (Å²) < 4.78 is 0. The van der Waals surface area contributed by atoms with Crippen LogP contribution in [0.1, 0.15) is 52.9 Å². The van der Waals surface area contributed by atoms with E-state index < -0.39 is 0 Å². The highest BCUT2D eigenvalue weighted by molar-refractivity contribution is 5.79. The van der Waals surface area contributed by atoms with Gasteiger partial charge in [-0.15, -0.1) is 0 Å². The zero-order valence-corrected chi connectivity index (χ0v) is 10.9. The Morgan fingerprint density at radius 2 is 2.19 bits per heavy atom. The molecule has 16 heavy (non-hydrogen) atoms. The van der Waals surface area contributed by atoms with Crippen LogP contribution in [0.3, 0.4) is 0 Å². The van der Waals surface area contributed by atoms with E-state index in [1.807, 2.05) is 0 Å². The summed E-state index contributed by atoms with van der Waals surface area (Å²) in [6.07, 6.45) is 5.53. The van der Waals surface area contributed by atoms with Crippen LogP contribution >= 0.6 is 0 Å². The Hall–Kier alpha value is -0.570. The van der Waals surface area contributed by atoms with Crippen molar-refractivity contribution in [2.75, 3.05) is 6.54 Å². The van der Waals surface area contributed by atoms with E-state index in [0.717, 1.165) is 19.3 Å². The molecule has 94 valence electrons. The lowest BCUT2D eigenvalue weighted by molar-refractivity contribution is -0.130. The first kappa shape index (κ1) is 13.5. The summed E-state index contributed by atoms with van der Waals surface area (Å²) in [4.78, 5) is 12.2. The Labute approximate surface area is 99.2 Å². The number of nitrogens with one attached hydrogen (secondary N) is 1. The number of nitrogens with two attached hydrogens (primary N) is 1. The summed E-state index contributed by atoms with van der Waals surface area (Å²) in [7, 11) is 0. The highest BCUT2D eigenvalue weighted by Gasteiger charge is 2.37. The minimum Gasteiger partial charge on any atom is -0.352 e. The highest BCUT2D eigenvalue weighted by Crippen LogP contribution is 2.40. The van der Waals surface area contributed by atoms with Gasteiger partial charge in [-0.05, 0) is 24.7 Å². The third-order valence-electron chi connectivity index (χ3n) is 3.95. The second kappa shape index (κ2) is 5.67. The monoisotopic (exact) mass is 226 g/mol. The van der Waals surface area contributed by atoms with Crippen LogP contribution in [-0.2, 0) is 4.79 Å². The molecule has 1 aliphatic rings. The number of carbonyl (C=O) groups excluding carboxylic acids is 1. The Kier molecular flexibility index (Phi) is 4.78. The zero-order valence-electron chi connectivity index (χ0n) is 10.9. The molecule has 0 spiro atoms. The topological polar surface area (TPSA) is 55.1 Å². The van der Waals surface area contributed by atoms with Gasteiger partial charge in [0.1, 0.15) is 0 Å². The second-order valence-corrected chi connectivity index (χ2v) is 5.64. The molecule has 3 N–H and O–H groups in total. The zero-order chi connectivity index (χ0) is 12.2. The van der Waals surface area contributed by atoms with Gasteiger partial charge in [0.05, 0.1) is 0 Å². The van der Waals surface area contributed by atoms with E-state index in [4.69, 9.17) is 5.73 Å². The van der Waals surface area contributed by atoms with Crippen LogP contribution in [0.4, 0.5) is 0 Å². The largest absolute Gasteiger partial charge is 0.352 e. The van der Waals surface area contributed by atoms with Crippen molar-refractivity contribution < 1.29 is 4.79 Å². The van der Waals surface area contributed by atoms with Crippen molar-refractivity contribution in [2.24, 2.45) is 17.1 Å². The third-order valence-corrected chi connectivity index (χ3v) is 3.95. The lowest BCUT2D eigenvalue weighted by atomic mass is 9.68. The Morgan fingerprint density at radius 1 is 1.50 bits per heavy atom. The van der Waals surface area contributed by atoms with Gasteiger partial charge in [0.15, 0.2) is 0 Å². The minimum absolute atomic E-state index is 0.144. The summed E-state index contributed by atoms with van der Waals surface area (Å²) in [6.45, 7) is 7.01. The van der Waals surface area contributed by atoms with Crippen LogP contribution in [0, 0.1) is 11.3 Å². The number of hydrogen-bond acceptors (Lipinski definition) is 2. The first-order valence-electron chi connectivity index (χ1n) is 6.51. The van der Waals surface area contributed by atoms with Gasteiger partial charge in [-0.1, -0.05) is 33.6 Å². The van der Waals surface area contributed by atoms with Crippen LogP contribution in [0.25, 0.3) is 0 Å². The summed E-state index contributed by atoms with van der Waals surface area (Å²) >= 11 is 0. The molecule has 1 rings (SSSR count). The maximum Gasteiger partial charge on any atom is 0.223 e. The van der Waals surface area contributed by atoms with Crippen molar-refractivity contribution in [1.29, 1.82) is 0 Å². The highest BCUT2D eigenvalue weighted by atomic mass is 16.2. The molecule has 1 aliphatic carbocycles. The van der Waals surface area contributed by atoms with Crippen molar-refractivity contribution in [2.45, 2.75) is 58.9 Å². The van der Waals surface area contributed by atoms with Crippen molar-refractivity contribution >= 4 is 5.91 Å². The molecule has 0 heterocycles. The lowest BCUT2D eigenvalue weighted by Crippen LogP contribution is -2.47. The maximum absolute atomic E-state index is 12.2. The van der Waals surface area contributed by atoms with E-state index in [2.05, 4.69) is 26.1 Å². The molecule has 0 aromatic rings. The Bertz CT molecular complexity index is 234. The first-order valence-corrected chi connectivity index (χ1v) is 6.51. The standard InChI is InChI=1S/C13H26N2O/c1-4-10(9-14)15-12(16)11-7-5-6-8-13(11,2)3/h10-11H,4-9,14H2,1-3H3,(H,15,16). The molecular formula is C13H26N2O. The number of carbonyl (C=O) groups is 1. The molecule has 1 saturated carbocycles. The van der Waals surface area contributed by atoms with E-state index in [1.54, 1.807) is 0 Å². The van der Waals surface area contributed by atoms with E-state index >= 15 is 0 Å². The second-order valence-electron chi connectivity index (χ2n) is 5.64. The van der Waals surface area contributed by atoms with Gasteiger partial charge in [-0.3, -0.25) is 4.79 Å². The molecule has 0 bridgehead atoms. The fourth-order valence-corrected chi connectivity index (χ4v) is 2.61. The number of hydrogen-bond donors (Lipinski definition) is 2. The molecule has 2 unspecified atom stereocenters. The van der Waals surface area contributed by atoms with Crippen LogP contribution < -0.4 is 11.1 Å². The van der Waals surface area contributed by atoms with Gasteiger partial charge < -0.3 is 11.1 Å². The van der Waals surface area contributed by atoms with Crippen molar-refractivity contribution in [3.05, 3.63) is 0 Å². The Morgan fingerprint density at radius 3 is 2.69 bits per heavy atom. The van der Waals surface area contributed by atoms with Crippen LogP contribution in [-0.4, -0.2) is 18.5 Å². The summed E-state index contributed by atoms with van der Waals surface area (Å²) in [5, 5.41) is 3.08. The minimum atomic E-state index is 0.144. The fourth-order valence-electron chi connectivity index (χ4n) is 2.61. The van der Waals surface area contributed by atoms with Gasteiger partial charge in [0.2, 0.25) is 5.91 Å². The molecule has 1 fully saturated rings. The molecular weight excluding hydrogens is 200 g/mol. The van der Waals surface area contributed by atoms with Crippen LogP contribution in [0.5, 0.6) is 0 Å². The molecule has 0 aliphatic heterocycles. The van der Waals surface area contributed by atoms with Crippen molar-refractivity contribution in [1.82, 2.24) is 5.32 Å². The molecule has 0 aromatic heterocycles. The smallest absolute Gasteiger partial charge is 0.223 e. The van der Waals surface area contributed by atoms with Gasteiger partial charge in [-0.25, -0.2) is 0 Å². The van der Waals surface area contributed by atoms with E-state index in [1.165, 1.54) is 12.8 Å². The van der Waals surface area contributed by atoms with Crippen molar-refractivity contribution in [3.8, 4) is 0 Å². The van der Waals surface area contributed by atoms with Gasteiger partial charge >= 0.3 is 0 Å². The van der Waals surface area contributed by atoms with E-state index in [9.17, 15) is 4.79 Å². The van der Waals surface area contributed by atoms with Gasteiger partial charge in [-0.2, -0.15) is 0 Å². The molecule has 3 heteroatoms. The quantitative estimate of drug-likeness (QED) is 0.771. The molecule has 0 radical (unpaired) electrons. The SMILES string of the molecule is CCC(CN)NC(=O)C1CCCCC1(C)C. The third kappa shape index (κ3) is 3.21. The molecule has 2 atom stereocenters. The average Bonchev–Trinajstić information content (AvgIpc) is 2.24. The number of rotatable bonds is 4. The fraction of sp³-hybridized carbons (Fsp3) is 0.923. The summed E-state index contributed by atoms with van der Waals surface area (Å²) in [5.74, 6) is 0.379. The maximum atomic E-state index is 12.2. The van der Waals surface area contributed by atoms with Gasteiger partial charge in [0.25, 0.3) is 0 Å².